The Morgan fingerprint density at radius 3 is 2.86 bits per heavy atom. The van der Waals surface area contributed by atoms with E-state index in [0.717, 1.165) is 5.69 Å². The van der Waals surface area contributed by atoms with Crippen LogP contribution in [0.3, 0.4) is 0 Å². The summed E-state index contributed by atoms with van der Waals surface area (Å²) in [6.07, 6.45) is 1.72. The Hall–Kier alpha value is -2.51. The molecule has 0 radical (unpaired) electrons. The van der Waals surface area contributed by atoms with Crippen molar-refractivity contribution in [2.45, 2.75) is 26.8 Å². The molecule has 1 fully saturated rings. The van der Waals surface area contributed by atoms with E-state index in [1.165, 1.54) is 0 Å². The Morgan fingerprint density at radius 2 is 2.14 bits per heavy atom. The standard InChI is InChI=1S/C14H18N6O2/c1-4-18-7-8-19(10(3)12(18)21)13(22)11-16-17-14-15-9(2)5-6-20(11)14/h5-6,10H,4,7-8H2,1-3H3. The van der Waals surface area contributed by atoms with Crippen molar-refractivity contribution in [2.75, 3.05) is 19.6 Å². The van der Waals surface area contributed by atoms with E-state index in [1.54, 1.807) is 33.4 Å². The number of aromatic nitrogens is 4. The van der Waals surface area contributed by atoms with Crippen LogP contribution in [0.5, 0.6) is 0 Å². The third-order valence-corrected chi connectivity index (χ3v) is 4.00. The van der Waals surface area contributed by atoms with Crippen molar-refractivity contribution in [3.8, 4) is 0 Å². The molecule has 1 aliphatic heterocycles. The molecule has 1 aliphatic rings. The maximum Gasteiger partial charge on any atom is 0.292 e. The number of rotatable bonds is 2. The van der Waals surface area contributed by atoms with E-state index < -0.39 is 6.04 Å². The van der Waals surface area contributed by atoms with Gasteiger partial charge in [-0.3, -0.25) is 14.0 Å². The van der Waals surface area contributed by atoms with Gasteiger partial charge < -0.3 is 9.80 Å². The fraction of sp³-hybridized carbons (Fsp3) is 0.500. The molecule has 8 heteroatoms. The third kappa shape index (κ3) is 2.20. The predicted octanol–water partition coefficient (Wildman–Crippen LogP) is 0.126. The highest BCUT2D eigenvalue weighted by Crippen LogP contribution is 2.15. The molecule has 1 saturated heterocycles. The molecule has 1 atom stereocenters. The molecule has 0 spiro atoms. The van der Waals surface area contributed by atoms with Crippen LogP contribution in [0.2, 0.25) is 0 Å². The Morgan fingerprint density at radius 1 is 1.36 bits per heavy atom. The van der Waals surface area contributed by atoms with Crippen molar-refractivity contribution in [3.63, 3.8) is 0 Å². The van der Waals surface area contributed by atoms with Crippen LogP contribution in [-0.4, -0.2) is 66.9 Å². The summed E-state index contributed by atoms with van der Waals surface area (Å²) in [5, 5.41) is 7.87. The van der Waals surface area contributed by atoms with Crippen LogP contribution in [0, 0.1) is 6.92 Å². The van der Waals surface area contributed by atoms with Crippen LogP contribution in [0.4, 0.5) is 0 Å². The minimum atomic E-state index is -0.494. The van der Waals surface area contributed by atoms with Gasteiger partial charge >= 0.3 is 0 Å². The first-order chi connectivity index (χ1) is 10.5. The molecule has 0 bridgehead atoms. The second-order valence-electron chi connectivity index (χ2n) is 5.35. The van der Waals surface area contributed by atoms with E-state index >= 15 is 0 Å². The predicted molar refractivity (Wildman–Crippen MR) is 78.3 cm³/mol. The zero-order chi connectivity index (χ0) is 15.9. The maximum atomic E-state index is 12.7. The van der Waals surface area contributed by atoms with Crippen LogP contribution < -0.4 is 0 Å². The van der Waals surface area contributed by atoms with Gasteiger partial charge in [-0.2, -0.15) is 0 Å². The molecule has 0 N–H and O–H groups in total. The van der Waals surface area contributed by atoms with E-state index in [9.17, 15) is 9.59 Å². The zero-order valence-corrected chi connectivity index (χ0v) is 12.9. The fourth-order valence-electron chi connectivity index (χ4n) is 2.67. The summed E-state index contributed by atoms with van der Waals surface area (Å²) in [5.41, 5.74) is 0.805. The highest BCUT2D eigenvalue weighted by atomic mass is 16.2. The molecular formula is C14H18N6O2. The SMILES string of the molecule is CCN1CCN(C(=O)c2nnc3nc(C)ccn23)C(C)C1=O. The van der Waals surface area contributed by atoms with Crippen LogP contribution >= 0.6 is 0 Å². The number of fused-ring (bicyclic) bond motifs is 1. The number of nitrogens with zero attached hydrogens (tertiary/aromatic N) is 6. The first-order valence-corrected chi connectivity index (χ1v) is 7.31. The van der Waals surface area contributed by atoms with Crippen molar-refractivity contribution in [3.05, 3.63) is 23.8 Å². The number of likely N-dealkylation sites (N-methyl/N-ethyl adjacent to an activating group) is 1. The lowest BCUT2D eigenvalue weighted by atomic mass is 10.1. The smallest absolute Gasteiger partial charge is 0.292 e. The summed E-state index contributed by atoms with van der Waals surface area (Å²) in [6.45, 7) is 7.21. The van der Waals surface area contributed by atoms with Crippen LogP contribution in [0.1, 0.15) is 30.2 Å². The second kappa shape index (κ2) is 5.36. The van der Waals surface area contributed by atoms with Crippen LogP contribution in [0.15, 0.2) is 12.3 Å². The summed E-state index contributed by atoms with van der Waals surface area (Å²) in [7, 11) is 0. The Kier molecular flexibility index (Phi) is 3.51. The normalized spacial score (nSPS) is 19.0. The quantitative estimate of drug-likeness (QED) is 0.787. The topological polar surface area (TPSA) is 83.7 Å². The molecule has 0 aliphatic carbocycles. The maximum absolute atomic E-state index is 12.7. The minimum absolute atomic E-state index is 0.0371. The fourth-order valence-corrected chi connectivity index (χ4v) is 2.67. The zero-order valence-electron chi connectivity index (χ0n) is 12.9. The van der Waals surface area contributed by atoms with Gasteiger partial charge in [0.2, 0.25) is 11.7 Å². The Labute approximate surface area is 127 Å². The third-order valence-electron chi connectivity index (χ3n) is 4.00. The number of hydrogen-bond acceptors (Lipinski definition) is 5. The molecular weight excluding hydrogens is 284 g/mol. The summed E-state index contributed by atoms with van der Waals surface area (Å²) in [6, 6.07) is 1.29. The van der Waals surface area contributed by atoms with Gasteiger partial charge in [-0.05, 0) is 26.8 Å². The number of amides is 2. The molecule has 8 nitrogen and oxygen atoms in total. The molecule has 0 aromatic carbocycles. The van der Waals surface area contributed by atoms with Gasteiger partial charge in [-0.15, -0.1) is 10.2 Å². The van der Waals surface area contributed by atoms with E-state index in [-0.39, 0.29) is 17.6 Å². The second-order valence-corrected chi connectivity index (χ2v) is 5.35. The molecule has 3 rings (SSSR count). The number of carbonyl (C=O) groups excluding carboxylic acids is 2. The monoisotopic (exact) mass is 302 g/mol. The average molecular weight is 302 g/mol. The summed E-state index contributed by atoms with van der Waals surface area (Å²) >= 11 is 0. The molecule has 1 unspecified atom stereocenters. The van der Waals surface area contributed by atoms with Gasteiger partial charge in [-0.25, -0.2) is 4.98 Å². The Balaban J connectivity index is 1.91. The number of piperazine rings is 1. The molecule has 0 saturated carbocycles. The Bertz CT molecular complexity index is 740. The number of hydrogen-bond donors (Lipinski definition) is 0. The lowest BCUT2D eigenvalue weighted by Crippen LogP contribution is -2.57. The number of aryl methyl sites for hydroxylation is 1. The summed E-state index contributed by atoms with van der Waals surface area (Å²) < 4.78 is 1.55. The van der Waals surface area contributed by atoms with Gasteiger partial charge in [-0.1, -0.05) is 0 Å². The summed E-state index contributed by atoms with van der Waals surface area (Å²) in [4.78, 5) is 32.5. The number of carbonyl (C=O) groups is 2. The molecule has 22 heavy (non-hydrogen) atoms. The van der Waals surface area contributed by atoms with E-state index in [4.69, 9.17) is 0 Å². The first-order valence-electron chi connectivity index (χ1n) is 7.31. The lowest BCUT2D eigenvalue weighted by Gasteiger charge is -2.38. The van der Waals surface area contributed by atoms with Gasteiger partial charge in [0, 0.05) is 31.5 Å². The first kappa shape index (κ1) is 14.4. The van der Waals surface area contributed by atoms with Crippen molar-refractivity contribution in [1.29, 1.82) is 0 Å². The van der Waals surface area contributed by atoms with Crippen LogP contribution in [-0.2, 0) is 4.79 Å². The molecule has 3 heterocycles. The molecule has 2 aromatic heterocycles. The average Bonchev–Trinajstić information content (AvgIpc) is 2.92. The lowest BCUT2D eigenvalue weighted by molar-refractivity contribution is -0.139. The summed E-state index contributed by atoms with van der Waals surface area (Å²) in [5.74, 6) is 0.237. The van der Waals surface area contributed by atoms with E-state index in [2.05, 4.69) is 15.2 Å². The van der Waals surface area contributed by atoms with Crippen molar-refractivity contribution < 1.29 is 9.59 Å². The van der Waals surface area contributed by atoms with Crippen molar-refractivity contribution in [2.24, 2.45) is 0 Å². The molecule has 2 amide bonds. The molecule has 116 valence electrons. The largest absolute Gasteiger partial charge is 0.339 e. The van der Waals surface area contributed by atoms with Gasteiger partial charge in [0.05, 0.1) is 0 Å². The van der Waals surface area contributed by atoms with Gasteiger partial charge in [0.15, 0.2) is 0 Å². The highest BCUT2D eigenvalue weighted by Gasteiger charge is 2.35. The van der Waals surface area contributed by atoms with E-state index in [0.29, 0.717) is 25.4 Å². The molecule has 2 aromatic rings. The van der Waals surface area contributed by atoms with Crippen LogP contribution in [0.25, 0.3) is 5.78 Å². The van der Waals surface area contributed by atoms with Crippen molar-refractivity contribution in [1.82, 2.24) is 29.4 Å². The van der Waals surface area contributed by atoms with Gasteiger partial charge in [0.1, 0.15) is 6.04 Å². The minimum Gasteiger partial charge on any atom is -0.339 e. The van der Waals surface area contributed by atoms with E-state index in [1.807, 2.05) is 13.8 Å². The highest BCUT2D eigenvalue weighted by molar-refractivity contribution is 5.96. The van der Waals surface area contributed by atoms with Crippen molar-refractivity contribution >= 4 is 17.6 Å². The van der Waals surface area contributed by atoms with Gasteiger partial charge in [0.25, 0.3) is 11.7 Å².